The van der Waals surface area contributed by atoms with Gasteiger partial charge in [-0.2, -0.15) is 5.26 Å². The fraction of sp³-hybridized carbons (Fsp3) is 0.263. The van der Waals surface area contributed by atoms with Gasteiger partial charge in [0.15, 0.2) is 0 Å². The molecule has 2 aromatic rings. The number of hydrogen-bond donors (Lipinski definition) is 1. The Morgan fingerprint density at radius 1 is 1.22 bits per heavy atom. The van der Waals surface area contributed by atoms with Gasteiger partial charge >= 0.3 is 0 Å². The van der Waals surface area contributed by atoms with Crippen LogP contribution in [0.3, 0.4) is 0 Å². The van der Waals surface area contributed by atoms with E-state index in [1.807, 2.05) is 37.3 Å². The standard InChI is InChI=1S/C19H16N2O2/c1-11-17(19(23)21-9-8-16(22)18(11)21)15-7-6-12(10-20)13-4-2-3-5-14(13)15/h2-7,16,18,22H,8-9H2,1H3/t16-,18+/m0/s1. The van der Waals surface area contributed by atoms with E-state index in [1.165, 1.54) is 0 Å². The van der Waals surface area contributed by atoms with Crippen molar-refractivity contribution in [3.05, 3.63) is 53.1 Å². The predicted octanol–water partition coefficient (Wildman–Crippen LogP) is 2.46. The molecule has 4 heteroatoms. The number of fused-ring (bicyclic) bond motifs is 2. The van der Waals surface area contributed by atoms with Gasteiger partial charge in [-0.1, -0.05) is 30.3 Å². The summed E-state index contributed by atoms with van der Waals surface area (Å²) in [5, 5.41) is 21.2. The highest BCUT2D eigenvalue weighted by molar-refractivity contribution is 6.26. The first-order valence-corrected chi connectivity index (χ1v) is 7.75. The summed E-state index contributed by atoms with van der Waals surface area (Å²) in [7, 11) is 0. The van der Waals surface area contributed by atoms with Gasteiger partial charge in [0.25, 0.3) is 5.91 Å². The molecule has 0 aliphatic carbocycles. The molecule has 0 radical (unpaired) electrons. The molecule has 1 amide bonds. The van der Waals surface area contributed by atoms with Crippen LogP contribution >= 0.6 is 0 Å². The van der Waals surface area contributed by atoms with Crippen LogP contribution in [0.15, 0.2) is 42.0 Å². The van der Waals surface area contributed by atoms with Crippen LogP contribution in [-0.4, -0.2) is 34.6 Å². The third kappa shape index (κ3) is 1.84. The van der Waals surface area contributed by atoms with Crippen molar-refractivity contribution in [1.29, 1.82) is 5.26 Å². The Labute approximate surface area is 134 Å². The number of carbonyl (C=O) groups excluding carboxylic acids is 1. The molecule has 4 nitrogen and oxygen atoms in total. The molecule has 1 fully saturated rings. The molecule has 1 saturated heterocycles. The number of carbonyl (C=O) groups is 1. The Kier molecular flexibility index (Phi) is 3.00. The molecule has 2 heterocycles. The van der Waals surface area contributed by atoms with E-state index >= 15 is 0 Å². The second-order valence-electron chi connectivity index (χ2n) is 6.18. The number of benzene rings is 2. The molecule has 1 N–H and O–H groups in total. The highest BCUT2D eigenvalue weighted by Crippen LogP contribution is 2.40. The monoisotopic (exact) mass is 304 g/mol. The number of rotatable bonds is 1. The second-order valence-corrected chi connectivity index (χ2v) is 6.18. The summed E-state index contributed by atoms with van der Waals surface area (Å²) in [5.74, 6) is -0.0149. The first kappa shape index (κ1) is 14.0. The summed E-state index contributed by atoms with van der Waals surface area (Å²) < 4.78 is 0. The van der Waals surface area contributed by atoms with E-state index in [9.17, 15) is 15.2 Å². The number of hydrogen-bond acceptors (Lipinski definition) is 3. The molecule has 0 aromatic heterocycles. The minimum atomic E-state index is -0.485. The van der Waals surface area contributed by atoms with Crippen LogP contribution in [-0.2, 0) is 4.79 Å². The number of nitrogens with zero attached hydrogens (tertiary/aromatic N) is 2. The quantitative estimate of drug-likeness (QED) is 0.880. The molecular weight excluding hydrogens is 288 g/mol. The highest BCUT2D eigenvalue weighted by atomic mass is 16.3. The zero-order valence-electron chi connectivity index (χ0n) is 12.8. The summed E-state index contributed by atoms with van der Waals surface area (Å²) in [6.07, 6.45) is 0.149. The maximum atomic E-state index is 12.8. The lowest BCUT2D eigenvalue weighted by molar-refractivity contribution is -0.124. The molecule has 0 bridgehead atoms. The van der Waals surface area contributed by atoms with Gasteiger partial charge in [-0.25, -0.2) is 0 Å². The smallest absolute Gasteiger partial charge is 0.255 e. The van der Waals surface area contributed by atoms with E-state index in [0.717, 1.165) is 21.9 Å². The zero-order valence-corrected chi connectivity index (χ0v) is 12.8. The Balaban J connectivity index is 1.97. The van der Waals surface area contributed by atoms with Crippen molar-refractivity contribution in [3.8, 4) is 6.07 Å². The lowest BCUT2D eigenvalue weighted by Gasteiger charge is -2.18. The van der Waals surface area contributed by atoms with Gasteiger partial charge in [-0.05, 0) is 35.9 Å². The van der Waals surface area contributed by atoms with Crippen molar-refractivity contribution in [2.45, 2.75) is 25.5 Å². The Morgan fingerprint density at radius 2 is 1.96 bits per heavy atom. The summed E-state index contributed by atoms with van der Waals surface area (Å²) in [4.78, 5) is 14.6. The van der Waals surface area contributed by atoms with Gasteiger partial charge < -0.3 is 10.0 Å². The van der Waals surface area contributed by atoms with Crippen molar-refractivity contribution in [3.63, 3.8) is 0 Å². The molecule has 0 saturated carbocycles. The zero-order chi connectivity index (χ0) is 16.1. The summed E-state index contributed by atoms with van der Waals surface area (Å²) >= 11 is 0. The minimum Gasteiger partial charge on any atom is -0.391 e. The molecule has 2 atom stereocenters. The summed E-state index contributed by atoms with van der Waals surface area (Å²) in [5.41, 5.74) is 3.06. The number of aliphatic hydroxyl groups is 1. The number of amides is 1. The van der Waals surface area contributed by atoms with E-state index in [2.05, 4.69) is 6.07 Å². The Bertz CT molecular complexity index is 907. The fourth-order valence-electron chi connectivity index (χ4n) is 3.93. The van der Waals surface area contributed by atoms with Gasteiger partial charge in [0.2, 0.25) is 0 Å². The molecule has 2 aliphatic rings. The fourth-order valence-corrected chi connectivity index (χ4v) is 3.93. The van der Waals surface area contributed by atoms with Crippen LogP contribution in [0.1, 0.15) is 24.5 Å². The van der Waals surface area contributed by atoms with Crippen LogP contribution in [0.4, 0.5) is 0 Å². The summed E-state index contributed by atoms with van der Waals surface area (Å²) in [6, 6.07) is 13.3. The third-order valence-electron chi connectivity index (χ3n) is 4.99. The highest BCUT2D eigenvalue weighted by Gasteiger charge is 2.45. The maximum Gasteiger partial charge on any atom is 0.255 e. The topological polar surface area (TPSA) is 64.3 Å². The van der Waals surface area contributed by atoms with E-state index in [4.69, 9.17) is 0 Å². The van der Waals surface area contributed by atoms with Gasteiger partial charge in [0.1, 0.15) is 0 Å². The van der Waals surface area contributed by atoms with Crippen LogP contribution in [0.2, 0.25) is 0 Å². The SMILES string of the molecule is CC1=C(c2ccc(C#N)c3ccccc23)C(=O)N2CC[C@H](O)[C@@H]12. The van der Waals surface area contributed by atoms with Gasteiger partial charge in [0.05, 0.1) is 23.8 Å². The largest absolute Gasteiger partial charge is 0.391 e. The van der Waals surface area contributed by atoms with Crippen molar-refractivity contribution >= 4 is 22.3 Å². The Hall–Kier alpha value is -2.64. The lowest BCUT2D eigenvalue weighted by Crippen LogP contribution is -2.34. The minimum absolute atomic E-state index is 0.0149. The van der Waals surface area contributed by atoms with E-state index in [-0.39, 0.29) is 11.9 Å². The van der Waals surface area contributed by atoms with E-state index in [1.54, 1.807) is 11.0 Å². The molecule has 4 rings (SSSR count). The average molecular weight is 304 g/mol. The molecule has 114 valence electrons. The predicted molar refractivity (Wildman–Crippen MR) is 87.4 cm³/mol. The molecule has 23 heavy (non-hydrogen) atoms. The molecule has 0 spiro atoms. The first-order chi connectivity index (χ1) is 11.1. The van der Waals surface area contributed by atoms with Crippen LogP contribution in [0.5, 0.6) is 0 Å². The molecule has 2 aliphatic heterocycles. The van der Waals surface area contributed by atoms with E-state index < -0.39 is 6.10 Å². The Morgan fingerprint density at radius 3 is 2.65 bits per heavy atom. The van der Waals surface area contributed by atoms with Crippen molar-refractivity contribution < 1.29 is 9.90 Å². The number of aliphatic hydroxyl groups excluding tert-OH is 1. The van der Waals surface area contributed by atoms with Crippen LogP contribution in [0, 0.1) is 11.3 Å². The number of nitriles is 1. The molecular formula is C19H16N2O2. The second kappa shape index (κ2) is 4.94. The maximum absolute atomic E-state index is 12.8. The first-order valence-electron chi connectivity index (χ1n) is 7.75. The van der Waals surface area contributed by atoms with Gasteiger partial charge in [-0.15, -0.1) is 0 Å². The third-order valence-corrected chi connectivity index (χ3v) is 4.99. The van der Waals surface area contributed by atoms with E-state index in [0.29, 0.717) is 24.1 Å². The summed E-state index contributed by atoms with van der Waals surface area (Å²) in [6.45, 7) is 2.53. The molecule has 2 aromatic carbocycles. The van der Waals surface area contributed by atoms with Crippen molar-refractivity contribution in [1.82, 2.24) is 4.90 Å². The van der Waals surface area contributed by atoms with Crippen molar-refractivity contribution in [2.75, 3.05) is 6.54 Å². The van der Waals surface area contributed by atoms with Crippen LogP contribution < -0.4 is 0 Å². The molecule has 0 unspecified atom stereocenters. The van der Waals surface area contributed by atoms with Crippen LogP contribution in [0.25, 0.3) is 16.3 Å². The average Bonchev–Trinajstić information content (AvgIpc) is 3.07. The van der Waals surface area contributed by atoms with Gasteiger partial charge in [-0.3, -0.25) is 4.79 Å². The van der Waals surface area contributed by atoms with Crippen molar-refractivity contribution in [2.24, 2.45) is 0 Å². The lowest BCUT2D eigenvalue weighted by atomic mass is 9.92. The van der Waals surface area contributed by atoms with Gasteiger partial charge in [0, 0.05) is 17.5 Å². The normalized spacial score (nSPS) is 23.5.